The fraction of sp³-hybridized carbons (Fsp3) is 0.818. The first-order valence-electron chi connectivity index (χ1n) is 6.75. The minimum Gasteiger partial charge on any atom is -0.452 e. The van der Waals surface area contributed by atoms with Crippen molar-refractivity contribution in [2.75, 3.05) is 33.3 Å². The predicted octanol–water partition coefficient (Wildman–Crippen LogP) is -0.691. The number of hydrogen-bond donors (Lipinski definition) is 3. The number of hydrogen-bond acceptors (Lipinski definition) is 6. The molecule has 0 saturated carbocycles. The van der Waals surface area contributed by atoms with Crippen molar-refractivity contribution in [1.29, 1.82) is 5.41 Å². The average molecular weight is 321 g/mol. The Morgan fingerprint density at radius 2 is 1.95 bits per heavy atom. The van der Waals surface area contributed by atoms with E-state index >= 15 is 0 Å². The van der Waals surface area contributed by atoms with Gasteiger partial charge in [-0.15, -0.1) is 0 Å². The standard InChI is InChI=1S/C11H23N5O4S/c1-3-4-9(10(12)13)15-5-7-16(8-6-15)21(18,19)14-11(17)20-2/h9H,3-8H2,1-2H3,(H3,12,13)(H,14,17). The number of nitrogens with zero attached hydrogens (tertiary/aromatic N) is 2. The van der Waals surface area contributed by atoms with Crippen molar-refractivity contribution in [1.82, 2.24) is 13.9 Å². The van der Waals surface area contributed by atoms with Gasteiger partial charge in [0.25, 0.3) is 0 Å². The molecule has 4 N–H and O–H groups in total. The molecule has 1 saturated heterocycles. The van der Waals surface area contributed by atoms with Gasteiger partial charge in [-0.1, -0.05) is 13.3 Å². The van der Waals surface area contributed by atoms with Crippen LogP contribution in [0.2, 0.25) is 0 Å². The lowest BCUT2D eigenvalue weighted by atomic mass is 10.1. The number of amides is 1. The van der Waals surface area contributed by atoms with Crippen molar-refractivity contribution in [2.24, 2.45) is 5.73 Å². The van der Waals surface area contributed by atoms with E-state index in [2.05, 4.69) is 4.74 Å². The first-order valence-corrected chi connectivity index (χ1v) is 8.19. The summed E-state index contributed by atoms with van der Waals surface area (Å²) < 4.78 is 31.1. The minimum absolute atomic E-state index is 0.0980. The third kappa shape index (κ3) is 4.83. The highest BCUT2D eigenvalue weighted by molar-refractivity contribution is 7.87. The number of nitrogens with one attached hydrogen (secondary N) is 2. The summed E-state index contributed by atoms with van der Waals surface area (Å²) in [5.74, 6) is 0.0980. The molecule has 0 spiro atoms. The molecule has 0 bridgehead atoms. The summed E-state index contributed by atoms with van der Waals surface area (Å²) in [7, 11) is -2.78. The van der Waals surface area contributed by atoms with Gasteiger partial charge in [-0.2, -0.15) is 12.7 Å². The SMILES string of the molecule is CCCC(C(=N)N)N1CCN(S(=O)(=O)NC(=O)OC)CC1. The summed E-state index contributed by atoms with van der Waals surface area (Å²) in [5.41, 5.74) is 5.59. The molecule has 1 rings (SSSR count). The number of piperazine rings is 1. The van der Waals surface area contributed by atoms with Crippen LogP contribution < -0.4 is 10.5 Å². The maximum atomic E-state index is 11.9. The molecule has 0 aromatic carbocycles. The summed E-state index contributed by atoms with van der Waals surface area (Å²) in [5, 5.41) is 7.61. The van der Waals surface area contributed by atoms with Gasteiger partial charge < -0.3 is 10.5 Å². The summed E-state index contributed by atoms with van der Waals surface area (Å²) in [4.78, 5) is 13.0. The first-order chi connectivity index (χ1) is 9.81. The molecule has 1 aliphatic rings. The van der Waals surface area contributed by atoms with E-state index in [-0.39, 0.29) is 25.0 Å². The zero-order valence-corrected chi connectivity index (χ0v) is 13.1. The molecule has 122 valence electrons. The molecular weight excluding hydrogens is 298 g/mol. The Morgan fingerprint density at radius 1 is 1.38 bits per heavy atom. The van der Waals surface area contributed by atoms with E-state index in [0.717, 1.165) is 20.0 Å². The Hall–Kier alpha value is -1.39. The Labute approximate surface area is 125 Å². The van der Waals surface area contributed by atoms with Gasteiger partial charge in [0.15, 0.2) is 0 Å². The van der Waals surface area contributed by atoms with E-state index in [1.807, 2.05) is 16.5 Å². The van der Waals surface area contributed by atoms with Gasteiger partial charge in [-0.25, -0.2) is 9.52 Å². The van der Waals surface area contributed by atoms with E-state index < -0.39 is 16.3 Å². The summed E-state index contributed by atoms with van der Waals surface area (Å²) >= 11 is 0. The number of amidine groups is 1. The van der Waals surface area contributed by atoms with E-state index in [4.69, 9.17) is 11.1 Å². The maximum Gasteiger partial charge on any atom is 0.421 e. The molecule has 10 heteroatoms. The fourth-order valence-electron chi connectivity index (χ4n) is 2.28. The number of carbonyl (C=O) groups is 1. The molecule has 0 radical (unpaired) electrons. The third-order valence-electron chi connectivity index (χ3n) is 3.37. The molecule has 1 heterocycles. The van der Waals surface area contributed by atoms with Crippen molar-refractivity contribution in [3.05, 3.63) is 0 Å². The second-order valence-electron chi connectivity index (χ2n) is 4.79. The lowest BCUT2D eigenvalue weighted by molar-refractivity contribution is 0.157. The highest BCUT2D eigenvalue weighted by Gasteiger charge is 2.31. The van der Waals surface area contributed by atoms with E-state index in [1.54, 1.807) is 0 Å². The van der Waals surface area contributed by atoms with Crippen LogP contribution in [0.5, 0.6) is 0 Å². The van der Waals surface area contributed by atoms with Crippen molar-refractivity contribution >= 4 is 22.1 Å². The molecule has 1 atom stereocenters. The van der Waals surface area contributed by atoms with Crippen LogP contribution in [0.25, 0.3) is 0 Å². The van der Waals surface area contributed by atoms with Crippen molar-refractivity contribution in [2.45, 2.75) is 25.8 Å². The van der Waals surface area contributed by atoms with Crippen LogP contribution in [0, 0.1) is 5.41 Å². The summed E-state index contributed by atoms with van der Waals surface area (Å²) in [6.45, 7) is 3.41. The Morgan fingerprint density at radius 3 is 2.38 bits per heavy atom. The Balaban J connectivity index is 2.62. The van der Waals surface area contributed by atoms with E-state index in [1.165, 1.54) is 4.31 Å². The third-order valence-corrected chi connectivity index (χ3v) is 4.84. The van der Waals surface area contributed by atoms with Crippen molar-refractivity contribution < 1.29 is 17.9 Å². The normalized spacial score (nSPS) is 19.0. The van der Waals surface area contributed by atoms with Gasteiger partial charge in [0.2, 0.25) is 0 Å². The number of carbonyl (C=O) groups excluding carboxylic acids is 1. The van der Waals surface area contributed by atoms with Crippen molar-refractivity contribution in [3.8, 4) is 0 Å². The molecule has 0 aromatic heterocycles. The lowest BCUT2D eigenvalue weighted by Gasteiger charge is -2.37. The maximum absolute atomic E-state index is 11.9. The Bertz CT molecular complexity index is 473. The summed E-state index contributed by atoms with van der Waals surface area (Å²) in [6, 6.07) is -0.159. The van der Waals surface area contributed by atoms with Gasteiger partial charge in [0, 0.05) is 26.2 Å². The predicted molar refractivity (Wildman–Crippen MR) is 78.2 cm³/mol. The number of ether oxygens (including phenoxy) is 1. The first kappa shape index (κ1) is 17.7. The van der Waals surface area contributed by atoms with Crippen LogP contribution in [0.3, 0.4) is 0 Å². The highest BCUT2D eigenvalue weighted by Crippen LogP contribution is 2.13. The molecule has 1 amide bonds. The van der Waals surface area contributed by atoms with Gasteiger partial charge in [-0.3, -0.25) is 10.3 Å². The largest absolute Gasteiger partial charge is 0.452 e. The molecule has 1 unspecified atom stereocenters. The van der Waals surface area contributed by atoms with Crippen LogP contribution in [0.1, 0.15) is 19.8 Å². The van der Waals surface area contributed by atoms with Gasteiger partial charge in [0.1, 0.15) is 5.84 Å². The van der Waals surface area contributed by atoms with Gasteiger partial charge in [0.05, 0.1) is 13.2 Å². The smallest absolute Gasteiger partial charge is 0.421 e. The topological polar surface area (TPSA) is 129 Å². The van der Waals surface area contributed by atoms with Crippen LogP contribution in [-0.2, 0) is 14.9 Å². The fourth-order valence-corrected chi connectivity index (χ4v) is 3.34. The quantitative estimate of drug-likeness (QED) is 0.439. The molecule has 21 heavy (non-hydrogen) atoms. The highest BCUT2D eigenvalue weighted by atomic mass is 32.2. The molecular formula is C11H23N5O4S. The minimum atomic E-state index is -3.88. The second kappa shape index (κ2) is 7.57. The number of nitrogens with two attached hydrogens (primary N) is 1. The lowest BCUT2D eigenvalue weighted by Crippen LogP contribution is -2.57. The number of rotatable bonds is 6. The summed E-state index contributed by atoms with van der Waals surface area (Å²) in [6.07, 6.45) is 0.653. The van der Waals surface area contributed by atoms with Crippen molar-refractivity contribution in [3.63, 3.8) is 0 Å². The molecule has 0 aliphatic carbocycles. The monoisotopic (exact) mass is 321 g/mol. The molecule has 1 fully saturated rings. The second-order valence-corrected chi connectivity index (χ2v) is 6.46. The zero-order chi connectivity index (χ0) is 16.0. The Kier molecular flexibility index (Phi) is 6.37. The zero-order valence-electron chi connectivity index (χ0n) is 12.3. The van der Waals surface area contributed by atoms with Crippen LogP contribution in [0.4, 0.5) is 4.79 Å². The molecule has 9 nitrogen and oxygen atoms in total. The van der Waals surface area contributed by atoms with Crippen LogP contribution in [-0.4, -0.2) is 68.9 Å². The van der Waals surface area contributed by atoms with Gasteiger partial charge in [-0.05, 0) is 6.42 Å². The van der Waals surface area contributed by atoms with Gasteiger partial charge >= 0.3 is 16.3 Å². The van der Waals surface area contributed by atoms with E-state index in [0.29, 0.717) is 13.1 Å². The van der Waals surface area contributed by atoms with Crippen LogP contribution in [0.15, 0.2) is 0 Å². The van der Waals surface area contributed by atoms with E-state index in [9.17, 15) is 13.2 Å². The number of methoxy groups -OCH3 is 1. The average Bonchev–Trinajstić information content (AvgIpc) is 2.44. The van der Waals surface area contributed by atoms with Crippen LogP contribution >= 0.6 is 0 Å². The molecule has 0 aromatic rings. The molecule has 1 aliphatic heterocycles.